The highest BCUT2D eigenvalue weighted by Gasteiger charge is 2.27. The maximum atomic E-state index is 12.5. The number of hydrogen-bond donors (Lipinski definition) is 1. The van der Waals surface area contributed by atoms with Crippen LogP contribution >= 0.6 is 11.3 Å². The Morgan fingerprint density at radius 3 is 2.85 bits per heavy atom. The number of carbonyl (C=O) groups is 1. The van der Waals surface area contributed by atoms with Crippen LogP contribution in [0.4, 0.5) is 10.9 Å². The molecule has 4 rings (SSSR count). The number of aryl methyl sites for hydroxylation is 1. The molecule has 0 radical (unpaired) electrons. The third-order valence-electron chi connectivity index (χ3n) is 4.26. The van der Waals surface area contributed by atoms with Gasteiger partial charge in [-0.25, -0.2) is 14.6 Å². The van der Waals surface area contributed by atoms with Gasteiger partial charge in [0.2, 0.25) is 5.91 Å². The van der Waals surface area contributed by atoms with E-state index in [9.17, 15) is 4.79 Å². The van der Waals surface area contributed by atoms with Crippen LogP contribution in [0.3, 0.4) is 0 Å². The molecule has 0 bridgehead atoms. The Balaban J connectivity index is 1.42. The number of thiazole rings is 1. The highest BCUT2D eigenvalue weighted by atomic mass is 32.1. The van der Waals surface area contributed by atoms with Gasteiger partial charge >= 0.3 is 0 Å². The summed E-state index contributed by atoms with van der Waals surface area (Å²) in [5.41, 5.74) is 0. The minimum atomic E-state index is -0.0928. The third kappa shape index (κ3) is 3.54. The topological polar surface area (TPSA) is 102 Å². The first-order chi connectivity index (χ1) is 12.7. The Morgan fingerprint density at radius 1 is 1.31 bits per heavy atom. The first-order valence-corrected chi connectivity index (χ1v) is 9.17. The Hall–Kier alpha value is -2.88. The molecule has 3 aromatic rings. The maximum absolute atomic E-state index is 12.5. The molecule has 1 fully saturated rings. The van der Waals surface area contributed by atoms with Gasteiger partial charge in [-0.15, -0.1) is 21.5 Å². The van der Waals surface area contributed by atoms with Crippen molar-refractivity contribution in [3.63, 3.8) is 0 Å². The largest absolute Gasteiger partial charge is 0.354 e. The highest BCUT2D eigenvalue weighted by Crippen LogP contribution is 2.24. The number of carbonyl (C=O) groups excluding carboxylic acids is 1. The molecule has 1 aliphatic rings. The van der Waals surface area contributed by atoms with Crippen molar-refractivity contribution in [3.8, 4) is 5.82 Å². The fourth-order valence-corrected chi connectivity index (χ4v) is 3.62. The van der Waals surface area contributed by atoms with Crippen molar-refractivity contribution in [3.05, 3.63) is 35.9 Å². The van der Waals surface area contributed by atoms with E-state index in [0.717, 1.165) is 30.1 Å². The molecular weight excluding hydrogens is 352 g/mol. The Bertz CT molecular complexity index is 876. The van der Waals surface area contributed by atoms with Crippen molar-refractivity contribution in [2.45, 2.75) is 19.8 Å². The standard InChI is InChI=1S/C16H18N8OS/c1-11-7-18-16(26-11)20-15(25)12-3-2-6-23(8-12)13-4-5-14(22-21-13)24-10-17-9-19-24/h4-5,7,9-10,12H,2-3,6,8H2,1H3,(H,18,20,25). The summed E-state index contributed by atoms with van der Waals surface area (Å²) in [4.78, 5) is 23.8. The van der Waals surface area contributed by atoms with Gasteiger partial charge < -0.3 is 10.2 Å². The average molecular weight is 370 g/mol. The maximum Gasteiger partial charge on any atom is 0.231 e. The van der Waals surface area contributed by atoms with Crippen molar-refractivity contribution in [2.75, 3.05) is 23.3 Å². The first kappa shape index (κ1) is 16.6. The number of hydrogen-bond acceptors (Lipinski definition) is 8. The van der Waals surface area contributed by atoms with E-state index in [1.807, 2.05) is 19.1 Å². The van der Waals surface area contributed by atoms with Crippen LogP contribution in [0.2, 0.25) is 0 Å². The van der Waals surface area contributed by atoms with Gasteiger partial charge in [0.15, 0.2) is 16.8 Å². The zero-order chi connectivity index (χ0) is 17.9. The van der Waals surface area contributed by atoms with E-state index < -0.39 is 0 Å². The van der Waals surface area contributed by atoms with Crippen LogP contribution in [0.25, 0.3) is 5.82 Å². The third-order valence-corrected chi connectivity index (χ3v) is 5.09. The van der Waals surface area contributed by atoms with E-state index in [1.165, 1.54) is 17.7 Å². The number of anilines is 2. The summed E-state index contributed by atoms with van der Waals surface area (Å²) < 4.78 is 1.55. The van der Waals surface area contributed by atoms with E-state index in [1.54, 1.807) is 17.2 Å². The molecular formula is C16H18N8OS. The molecule has 1 saturated heterocycles. The van der Waals surface area contributed by atoms with Crippen LogP contribution in [0, 0.1) is 12.8 Å². The van der Waals surface area contributed by atoms with E-state index in [2.05, 4.69) is 35.5 Å². The summed E-state index contributed by atoms with van der Waals surface area (Å²) in [6.45, 7) is 3.45. The second-order valence-electron chi connectivity index (χ2n) is 6.14. The molecule has 4 heterocycles. The molecule has 1 atom stereocenters. The molecule has 26 heavy (non-hydrogen) atoms. The second kappa shape index (κ2) is 7.16. The van der Waals surface area contributed by atoms with Crippen molar-refractivity contribution in [2.24, 2.45) is 5.92 Å². The van der Waals surface area contributed by atoms with Crippen molar-refractivity contribution < 1.29 is 4.79 Å². The molecule has 0 spiro atoms. The number of nitrogens with zero attached hydrogens (tertiary/aromatic N) is 7. The fourth-order valence-electron chi connectivity index (χ4n) is 2.95. The molecule has 3 aromatic heterocycles. The van der Waals surface area contributed by atoms with E-state index in [4.69, 9.17) is 0 Å². The van der Waals surface area contributed by atoms with Crippen LogP contribution in [0.1, 0.15) is 17.7 Å². The van der Waals surface area contributed by atoms with Crippen LogP contribution in [0.15, 0.2) is 31.0 Å². The van der Waals surface area contributed by atoms with Crippen molar-refractivity contribution >= 4 is 28.2 Å². The van der Waals surface area contributed by atoms with Crippen LogP contribution in [-0.4, -0.2) is 48.9 Å². The summed E-state index contributed by atoms with van der Waals surface area (Å²) in [6, 6.07) is 3.74. The molecule has 0 saturated carbocycles. The van der Waals surface area contributed by atoms with Gasteiger partial charge in [-0.2, -0.15) is 5.10 Å². The summed E-state index contributed by atoms with van der Waals surface area (Å²) in [6.07, 6.45) is 6.58. The molecule has 1 aliphatic heterocycles. The predicted octanol–water partition coefficient (Wildman–Crippen LogP) is 1.68. The van der Waals surface area contributed by atoms with E-state index >= 15 is 0 Å². The SMILES string of the molecule is Cc1cnc(NC(=O)C2CCCN(c3ccc(-n4cncn4)nn3)C2)s1. The summed E-state index contributed by atoms with van der Waals surface area (Å²) in [7, 11) is 0. The van der Waals surface area contributed by atoms with Gasteiger partial charge in [0.05, 0.1) is 5.92 Å². The fraction of sp³-hybridized carbons (Fsp3) is 0.375. The number of rotatable bonds is 4. The molecule has 1 unspecified atom stereocenters. The molecule has 1 N–H and O–H groups in total. The molecule has 134 valence electrons. The number of amides is 1. The molecule has 0 aliphatic carbocycles. The summed E-state index contributed by atoms with van der Waals surface area (Å²) in [5, 5.41) is 16.1. The number of aromatic nitrogens is 6. The van der Waals surface area contributed by atoms with Gasteiger partial charge in [-0.05, 0) is 31.9 Å². The van der Waals surface area contributed by atoms with Crippen LogP contribution < -0.4 is 10.2 Å². The Morgan fingerprint density at radius 2 is 2.15 bits per heavy atom. The summed E-state index contributed by atoms with van der Waals surface area (Å²) in [5.74, 6) is 1.29. The van der Waals surface area contributed by atoms with Gasteiger partial charge in [-0.1, -0.05) is 0 Å². The Labute approximate surface area is 154 Å². The van der Waals surface area contributed by atoms with Crippen LogP contribution in [-0.2, 0) is 4.79 Å². The molecule has 1 amide bonds. The number of piperidine rings is 1. The monoisotopic (exact) mass is 370 g/mol. The minimum absolute atomic E-state index is 0.0104. The van der Waals surface area contributed by atoms with Crippen molar-refractivity contribution in [1.82, 2.24) is 29.9 Å². The van der Waals surface area contributed by atoms with Crippen LogP contribution in [0.5, 0.6) is 0 Å². The van der Waals surface area contributed by atoms with Gasteiger partial charge in [-0.3, -0.25) is 4.79 Å². The normalized spacial score (nSPS) is 17.3. The Kier molecular flexibility index (Phi) is 4.57. The smallest absolute Gasteiger partial charge is 0.231 e. The average Bonchev–Trinajstić information content (AvgIpc) is 3.34. The second-order valence-corrected chi connectivity index (χ2v) is 7.38. The molecule has 0 aromatic carbocycles. The highest BCUT2D eigenvalue weighted by molar-refractivity contribution is 7.15. The quantitative estimate of drug-likeness (QED) is 0.745. The number of nitrogens with one attached hydrogen (secondary N) is 1. The molecule has 10 heteroatoms. The summed E-state index contributed by atoms with van der Waals surface area (Å²) >= 11 is 1.49. The van der Waals surface area contributed by atoms with Crippen molar-refractivity contribution in [1.29, 1.82) is 0 Å². The zero-order valence-electron chi connectivity index (χ0n) is 14.2. The lowest BCUT2D eigenvalue weighted by Gasteiger charge is -2.32. The lowest BCUT2D eigenvalue weighted by Crippen LogP contribution is -2.41. The minimum Gasteiger partial charge on any atom is -0.354 e. The zero-order valence-corrected chi connectivity index (χ0v) is 15.1. The van der Waals surface area contributed by atoms with E-state index in [-0.39, 0.29) is 11.8 Å². The van der Waals surface area contributed by atoms with Gasteiger partial charge in [0.25, 0.3) is 0 Å². The molecule has 9 nitrogen and oxygen atoms in total. The van der Waals surface area contributed by atoms with E-state index in [0.29, 0.717) is 17.5 Å². The lowest BCUT2D eigenvalue weighted by molar-refractivity contribution is -0.120. The predicted molar refractivity (Wildman–Crippen MR) is 97.4 cm³/mol. The van der Waals surface area contributed by atoms with Gasteiger partial charge in [0, 0.05) is 24.2 Å². The lowest BCUT2D eigenvalue weighted by atomic mass is 9.97. The first-order valence-electron chi connectivity index (χ1n) is 8.36. The van der Waals surface area contributed by atoms with Gasteiger partial charge in [0.1, 0.15) is 12.7 Å².